The molecule has 0 unspecified atom stereocenters. The Balaban J connectivity index is 1.10. The maximum Gasteiger partial charge on any atom is 0.0543 e. The van der Waals surface area contributed by atoms with Gasteiger partial charge in [0.25, 0.3) is 0 Å². The van der Waals surface area contributed by atoms with Crippen LogP contribution in [0, 0.1) is 0 Å². The minimum Gasteiger partial charge on any atom is -0.309 e. The Morgan fingerprint density at radius 1 is 0.355 bits per heavy atom. The van der Waals surface area contributed by atoms with Gasteiger partial charge in [0.15, 0.2) is 0 Å². The maximum atomic E-state index is 2.54. The molecule has 9 aromatic carbocycles. The van der Waals surface area contributed by atoms with E-state index >= 15 is 0 Å². The summed E-state index contributed by atoms with van der Waals surface area (Å²) in [5.74, 6) is 0. The smallest absolute Gasteiger partial charge is 0.0543 e. The summed E-state index contributed by atoms with van der Waals surface area (Å²) >= 11 is 0. The van der Waals surface area contributed by atoms with Gasteiger partial charge in [0, 0.05) is 44.1 Å². The van der Waals surface area contributed by atoms with Gasteiger partial charge in [-0.3, -0.25) is 0 Å². The average Bonchev–Trinajstić information content (AvgIpc) is 3.87. The van der Waals surface area contributed by atoms with Crippen LogP contribution >= 0.6 is 0 Å². The molecule has 10 aromatic rings. The lowest BCUT2D eigenvalue weighted by Gasteiger charge is -2.31. The van der Waals surface area contributed by atoms with E-state index in [1.54, 1.807) is 0 Å². The molecule has 1 heterocycles. The molecule has 0 aliphatic heterocycles. The first-order valence-electron chi connectivity index (χ1n) is 21.9. The highest BCUT2D eigenvalue weighted by Gasteiger charge is 2.39. The molecule has 0 N–H and O–H groups in total. The molecule has 62 heavy (non-hydrogen) atoms. The summed E-state index contributed by atoms with van der Waals surface area (Å²) in [6.07, 6.45) is 0. The molecule has 0 saturated carbocycles. The highest BCUT2D eigenvalue weighted by Crippen LogP contribution is 2.56. The molecule has 2 heteroatoms. The summed E-state index contributed by atoms with van der Waals surface area (Å²) in [7, 11) is 0. The Bertz CT molecular complexity index is 3420. The van der Waals surface area contributed by atoms with Gasteiger partial charge in [0.2, 0.25) is 0 Å². The molecular formula is C60H46N2. The monoisotopic (exact) mass is 794 g/mol. The predicted molar refractivity (Wildman–Crippen MR) is 261 cm³/mol. The van der Waals surface area contributed by atoms with Gasteiger partial charge >= 0.3 is 0 Å². The lowest BCUT2D eigenvalue weighted by molar-refractivity contribution is 0.660. The second-order valence-electron chi connectivity index (χ2n) is 18.1. The highest BCUT2D eigenvalue weighted by atomic mass is 15.1. The van der Waals surface area contributed by atoms with Crippen molar-refractivity contribution in [1.82, 2.24) is 4.57 Å². The molecule has 0 fully saturated rings. The third kappa shape index (κ3) is 5.23. The summed E-state index contributed by atoms with van der Waals surface area (Å²) in [5.41, 5.74) is 22.4. The van der Waals surface area contributed by atoms with Gasteiger partial charge in [0.1, 0.15) is 0 Å². The second kappa shape index (κ2) is 13.5. The first-order chi connectivity index (χ1) is 30.3. The Labute approximate surface area is 364 Å². The minimum atomic E-state index is -0.141. The van der Waals surface area contributed by atoms with Gasteiger partial charge in [-0.05, 0) is 110 Å². The van der Waals surface area contributed by atoms with E-state index in [9.17, 15) is 0 Å². The van der Waals surface area contributed by atoms with E-state index in [-0.39, 0.29) is 10.8 Å². The topological polar surface area (TPSA) is 8.17 Å². The van der Waals surface area contributed by atoms with Crippen LogP contribution in [0.25, 0.3) is 72.0 Å². The zero-order valence-electron chi connectivity index (χ0n) is 35.5. The number of nitrogens with zero attached hydrogens (tertiary/aromatic N) is 2. The Morgan fingerprint density at radius 2 is 0.887 bits per heavy atom. The van der Waals surface area contributed by atoms with E-state index in [4.69, 9.17) is 0 Å². The van der Waals surface area contributed by atoms with Crippen LogP contribution in [0.15, 0.2) is 206 Å². The third-order valence-electron chi connectivity index (χ3n) is 14.0. The van der Waals surface area contributed by atoms with Crippen LogP contribution in [0.2, 0.25) is 0 Å². The molecule has 2 aliphatic rings. The number of benzene rings is 9. The summed E-state index contributed by atoms with van der Waals surface area (Å²) in [5, 5.41) is 2.48. The Kier molecular flexibility index (Phi) is 7.96. The van der Waals surface area contributed by atoms with E-state index in [1.807, 2.05) is 0 Å². The summed E-state index contributed by atoms with van der Waals surface area (Å²) < 4.78 is 2.39. The van der Waals surface area contributed by atoms with Crippen molar-refractivity contribution in [2.45, 2.75) is 38.5 Å². The van der Waals surface area contributed by atoms with Gasteiger partial charge in [-0.2, -0.15) is 0 Å². The van der Waals surface area contributed by atoms with Crippen LogP contribution in [0.1, 0.15) is 49.9 Å². The number of hydrogen-bond acceptors (Lipinski definition) is 1. The van der Waals surface area contributed by atoms with Crippen LogP contribution in [-0.4, -0.2) is 4.57 Å². The van der Waals surface area contributed by atoms with Gasteiger partial charge in [-0.25, -0.2) is 0 Å². The molecule has 2 aliphatic carbocycles. The highest BCUT2D eigenvalue weighted by molar-refractivity contribution is 6.11. The zero-order valence-corrected chi connectivity index (χ0v) is 35.5. The van der Waals surface area contributed by atoms with E-state index in [0.29, 0.717) is 0 Å². The lowest BCUT2D eigenvalue weighted by atomic mass is 9.82. The summed E-state index contributed by atoms with van der Waals surface area (Å²) in [4.78, 5) is 2.54. The standard InChI is InChI=1S/C60H46N2/c1-59(2)49-28-12-8-25-46(49)57-44(27-17-30-51(57)59)39-19-16-22-42(37-39)62(56-34-18-31-52-58(56)47-26-9-13-29-50(47)60(52,3)4)53-32-14-10-23-43(53)40-35-36-55-48(38-40)45-24-11-15-33-54(45)61(55)41-20-6-5-7-21-41/h5-38H,1-4H3. The largest absolute Gasteiger partial charge is 0.309 e. The molecule has 0 amide bonds. The van der Waals surface area contributed by atoms with Crippen LogP contribution in [-0.2, 0) is 10.8 Å². The zero-order chi connectivity index (χ0) is 41.7. The van der Waals surface area contributed by atoms with Crippen molar-refractivity contribution in [2.75, 3.05) is 4.90 Å². The number of anilines is 3. The Morgan fingerprint density at radius 3 is 1.66 bits per heavy atom. The van der Waals surface area contributed by atoms with Crippen molar-refractivity contribution in [3.05, 3.63) is 229 Å². The van der Waals surface area contributed by atoms with Crippen LogP contribution in [0.4, 0.5) is 17.1 Å². The Hall–Kier alpha value is -7.42. The van der Waals surface area contributed by atoms with Crippen molar-refractivity contribution in [2.24, 2.45) is 0 Å². The van der Waals surface area contributed by atoms with E-state index in [1.165, 1.54) is 94.3 Å². The van der Waals surface area contributed by atoms with Crippen LogP contribution in [0.3, 0.4) is 0 Å². The molecule has 0 atom stereocenters. The molecular weight excluding hydrogens is 749 g/mol. The third-order valence-corrected chi connectivity index (χ3v) is 14.0. The lowest BCUT2D eigenvalue weighted by Crippen LogP contribution is -2.16. The minimum absolute atomic E-state index is 0.0796. The molecule has 12 rings (SSSR count). The second-order valence-corrected chi connectivity index (χ2v) is 18.1. The van der Waals surface area contributed by atoms with Crippen LogP contribution in [0.5, 0.6) is 0 Å². The van der Waals surface area contributed by atoms with Crippen molar-refractivity contribution in [1.29, 1.82) is 0 Å². The molecule has 0 spiro atoms. The van der Waals surface area contributed by atoms with Gasteiger partial charge in [0.05, 0.1) is 22.4 Å². The van der Waals surface area contributed by atoms with Gasteiger partial charge in [-0.1, -0.05) is 179 Å². The number of fused-ring (bicyclic) bond motifs is 9. The normalized spacial score (nSPS) is 14.1. The van der Waals surface area contributed by atoms with Gasteiger partial charge < -0.3 is 9.47 Å². The van der Waals surface area contributed by atoms with E-state index in [2.05, 4.69) is 243 Å². The average molecular weight is 795 g/mol. The first-order valence-corrected chi connectivity index (χ1v) is 21.9. The molecule has 1 aromatic heterocycles. The fourth-order valence-corrected chi connectivity index (χ4v) is 11.0. The molecule has 0 radical (unpaired) electrons. The molecule has 0 bridgehead atoms. The first kappa shape index (κ1) is 36.4. The number of hydrogen-bond donors (Lipinski definition) is 0. The van der Waals surface area contributed by atoms with Crippen LogP contribution < -0.4 is 4.90 Å². The number of aromatic nitrogens is 1. The number of para-hydroxylation sites is 3. The fraction of sp³-hybridized carbons (Fsp3) is 0.100. The molecule has 296 valence electrons. The molecule has 0 saturated heterocycles. The van der Waals surface area contributed by atoms with E-state index < -0.39 is 0 Å². The SMILES string of the molecule is CC1(C)c2ccccc2-c2c(-c3cccc(N(c4ccccc4-c4ccc5c(c4)c4ccccc4n5-c4ccccc4)c4cccc5c4-c4ccccc4C5(C)C)c3)cccc21. The van der Waals surface area contributed by atoms with Crippen molar-refractivity contribution in [3.63, 3.8) is 0 Å². The van der Waals surface area contributed by atoms with Crippen molar-refractivity contribution >= 4 is 38.9 Å². The number of rotatable bonds is 6. The van der Waals surface area contributed by atoms with Gasteiger partial charge in [-0.15, -0.1) is 0 Å². The van der Waals surface area contributed by atoms with Crippen molar-refractivity contribution < 1.29 is 0 Å². The quantitative estimate of drug-likeness (QED) is 0.163. The summed E-state index contributed by atoms with van der Waals surface area (Å²) in [6, 6.07) is 76.6. The fourth-order valence-electron chi connectivity index (χ4n) is 11.0. The predicted octanol–water partition coefficient (Wildman–Crippen LogP) is 16.2. The van der Waals surface area contributed by atoms with E-state index in [0.717, 1.165) is 17.1 Å². The van der Waals surface area contributed by atoms with Crippen molar-refractivity contribution in [3.8, 4) is 50.2 Å². The summed E-state index contributed by atoms with van der Waals surface area (Å²) in [6.45, 7) is 9.47. The maximum absolute atomic E-state index is 2.54. The molecule has 2 nitrogen and oxygen atoms in total.